The summed E-state index contributed by atoms with van der Waals surface area (Å²) in [4.78, 5) is 2.22. The molecule has 88 valence electrons. The summed E-state index contributed by atoms with van der Waals surface area (Å²) in [5.41, 5.74) is 9.18. The lowest BCUT2D eigenvalue weighted by Gasteiger charge is -2.21. The summed E-state index contributed by atoms with van der Waals surface area (Å²) in [5.74, 6) is 0.272. The second-order valence-corrected chi connectivity index (χ2v) is 4.34. The van der Waals surface area contributed by atoms with Crippen LogP contribution in [-0.4, -0.2) is 19.4 Å². The maximum Gasteiger partial charge on any atom is 0.0905 e. The molecule has 0 radical (unpaired) electrons. The van der Waals surface area contributed by atoms with Crippen molar-refractivity contribution < 1.29 is 0 Å². The van der Waals surface area contributed by atoms with Gasteiger partial charge in [0.2, 0.25) is 0 Å². The van der Waals surface area contributed by atoms with E-state index in [0.717, 1.165) is 13.0 Å². The number of anilines is 1. The predicted molar refractivity (Wildman–Crippen MR) is 70.3 cm³/mol. The van der Waals surface area contributed by atoms with Gasteiger partial charge in [-0.3, -0.25) is 5.41 Å². The van der Waals surface area contributed by atoms with Crippen molar-refractivity contribution in [3.63, 3.8) is 0 Å². The number of benzene rings is 1. The normalized spacial score (nSPS) is 10.2. The van der Waals surface area contributed by atoms with E-state index in [1.54, 1.807) is 0 Å². The molecule has 0 amide bonds. The van der Waals surface area contributed by atoms with E-state index in [1.165, 1.54) is 16.8 Å². The molecule has 3 N–H and O–H groups in total. The maximum atomic E-state index is 7.17. The van der Waals surface area contributed by atoms with Gasteiger partial charge in [0.1, 0.15) is 0 Å². The van der Waals surface area contributed by atoms with Crippen molar-refractivity contribution in [3.05, 3.63) is 29.3 Å². The molecule has 0 aromatic heterocycles. The van der Waals surface area contributed by atoms with Crippen molar-refractivity contribution in [1.82, 2.24) is 0 Å². The van der Waals surface area contributed by atoms with Crippen LogP contribution < -0.4 is 10.6 Å². The molecule has 0 saturated carbocycles. The van der Waals surface area contributed by atoms with E-state index in [-0.39, 0.29) is 5.84 Å². The average molecular weight is 219 g/mol. The zero-order chi connectivity index (χ0) is 12.1. The molecule has 0 fully saturated rings. The van der Waals surface area contributed by atoms with E-state index in [9.17, 15) is 0 Å². The van der Waals surface area contributed by atoms with Gasteiger partial charge in [0.25, 0.3) is 0 Å². The lowest BCUT2D eigenvalue weighted by atomic mass is 10.1. The Morgan fingerprint density at radius 3 is 2.62 bits per heavy atom. The smallest absolute Gasteiger partial charge is 0.0905 e. The Balaban J connectivity index is 2.58. The Kier molecular flexibility index (Phi) is 4.35. The molecule has 0 aliphatic rings. The SMILES string of the molecule is Cc1ccc(N(C)CCCC(=N)N)c(C)c1. The number of nitrogens with one attached hydrogen (secondary N) is 1. The Hall–Kier alpha value is -1.51. The van der Waals surface area contributed by atoms with Crippen LogP contribution in [0.15, 0.2) is 18.2 Å². The van der Waals surface area contributed by atoms with Crippen LogP contribution in [0.2, 0.25) is 0 Å². The van der Waals surface area contributed by atoms with Crippen LogP contribution in [0.1, 0.15) is 24.0 Å². The molecule has 1 rings (SSSR count). The van der Waals surface area contributed by atoms with Crippen molar-refractivity contribution in [2.24, 2.45) is 5.73 Å². The molecule has 0 atom stereocenters. The molecule has 0 spiro atoms. The minimum atomic E-state index is 0.272. The zero-order valence-corrected chi connectivity index (χ0v) is 10.4. The average Bonchev–Trinajstić information content (AvgIpc) is 2.16. The van der Waals surface area contributed by atoms with Crippen molar-refractivity contribution in [3.8, 4) is 0 Å². The van der Waals surface area contributed by atoms with E-state index < -0.39 is 0 Å². The number of hydrogen-bond donors (Lipinski definition) is 2. The van der Waals surface area contributed by atoms with Gasteiger partial charge in [-0.1, -0.05) is 17.7 Å². The second-order valence-electron chi connectivity index (χ2n) is 4.34. The van der Waals surface area contributed by atoms with Crippen LogP contribution in [0.4, 0.5) is 5.69 Å². The highest BCUT2D eigenvalue weighted by Gasteiger charge is 2.04. The minimum absolute atomic E-state index is 0.272. The third-order valence-corrected chi connectivity index (χ3v) is 2.70. The molecule has 1 aromatic rings. The number of hydrogen-bond acceptors (Lipinski definition) is 2. The highest BCUT2D eigenvalue weighted by molar-refractivity contribution is 5.76. The third kappa shape index (κ3) is 3.57. The Morgan fingerprint density at radius 2 is 2.06 bits per heavy atom. The van der Waals surface area contributed by atoms with Gasteiger partial charge >= 0.3 is 0 Å². The molecule has 0 heterocycles. The van der Waals surface area contributed by atoms with Crippen LogP contribution in [0.25, 0.3) is 0 Å². The summed E-state index contributed by atoms with van der Waals surface area (Å²) in [5, 5.41) is 7.17. The highest BCUT2D eigenvalue weighted by atomic mass is 15.1. The molecule has 0 bridgehead atoms. The fourth-order valence-electron chi connectivity index (χ4n) is 1.86. The first kappa shape index (κ1) is 12.6. The first-order valence-electron chi connectivity index (χ1n) is 5.62. The topological polar surface area (TPSA) is 53.1 Å². The van der Waals surface area contributed by atoms with Gasteiger partial charge < -0.3 is 10.6 Å². The van der Waals surface area contributed by atoms with Crippen LogP contribution in [0, 0.1) is 19.3 Å². The molecule has 0 saturated heterocycles. The number of nitrogens with two attached hydrogens (primary N) is 1. The molecule has 0 aliphatic heterocycles. The van der Waals surface area contributed by atoms with Crippen LogP contribution >= 0.6 is 0 Å². The monoisotopic (exact) mass is 219 g/mol. The van der Waals surface area contributed by atoms with E-state index in [4.69, 9.17) is 11.1 Å². The van der Waals surface area contributed by atoms with Gasteiger partial charge in [-0.15, -0.1) is 0 Å². The van der Waals surface area contributed by atoms with Crippen molar-refractivity contribution in [2.45, 2.75) is 26.7 Å². The number of amidine groups is 1. The largest absolute Gasteiger partial charge is 0.388 e. The molecule has 16 heavy (non-hydrogen) atoms. The second kappa shape index (κ2) is 5.54. The first-order chi connectivity index (χ1) is 7.50. The summed E-state index contributed by atoms with van der Waals surface area (Å²) in [7, 11) is 2.08. The van der Waals surface area contributed by atoms with Gasteiger partial charge in [-0.2, -0.15) is 0 Å². The molecule has 0 aliphatic carbocycles. The fraction of sp³-hybridized carbons (Fsp3) is 0.462. The standard InChI is InChI=1S/C13H21N3/c1-10-6-7-12(11(2)9-10)16(3)8-4-5-13(14)15/h6-7,9H,4-5,8H2,1-3H3,(H3,14,15). The van der Waals surface area contributed by atoms with E-state index in [0.29, 0.717) is 6.42 Å². The van der Waals surface area contributed by atoms with Crippen molar-refractivity contribution in [2.75, 3.05) is 18.5 Å². The van der Waals surface area contributed by atoms with Gasteiger partial charge in [0.15, 0.2) is 0 Å². The highest BCUT2D eigenvalue weighted by Crippen LogP contribution is 2.20. The fourth-order valence-corrected chi connectivity index (χ4v) is 1.86. The summed E-state index contributed by atoms with van der Waals surface area (Å²) in [6.45, 7) is 5.17. The number of aryl methyl sites for hydroxylation is 2. The first-order valence-corrected chi connectivity index (χ1v) is 5.62. The molecule has 3 nitrogen and oxygen atoms in total. The number of rotatable bonds is 5. The Bertz CT molecular complexity index is 371. The van der Waals surface area contributed by atoms with Crippen LogP contribution in [0.5, 0.6) is 0 Å². The quantitative estimate of drug-likeness (QED) is 0.590. The lowest BCUT2D eigenvalue weighted by Crippen LogP contribution is -2.21. The Labute approximate surface area is 97.8 Å². The Morgan fingerprint density at radius 1 is 1.38 bits per heavy atom. The predicted octanol–water partition coefficient (Wildman–Crippen LogP) is 2.46. The third-order valence-electron chi connectivity index (χ3n) is 2.70. The maximum absolute atomic E-state index is 7.17. The van der Waals surface area contributed by atoms with E-state index >= 15 is 0 Å². The molecular formula is C13H21N3. The summed E-state index contributed by atoms with van der Waals surface area (Å²) >= 11 is 0. The van der Waals surface area contributed by atoms with Gasteiger partial charge in [0.05, 0.1) is 5.84 Å². The zero-order valence-electron chi connectivity index (χ0n) is 10.4. The van der Waals surface area contributed by atoms with Gasteiger partial charge in [-0.05, 0) is 31.9 Å². The summed E-state index contributed by atoms with van der Waals surface area (Å²) in [6.07, 6.45) is 1.61. The van der Waals surface area contributed by atoms with Crippen LogP contribution in [0.3, 0.4) is 0 Å². The molecule has 1 aromatic carbocycles. The van der Waals surface area contributed by atoms with E-state index in [2.05, 4.69) is 44.0 Å². The summed E-state index contributed by atoms with van der Waals surface area (Å²) in [6, 6.07) is 6.47. The lowest BCUT2D eigenvalue weighted by molar-refractivity contribution is 0.809. The molecular weight excluding hydrogens is 198 g/mol. The van der Waals surface area contributed by atoms with E-state index in [1.807, 2.05) is 0 Å². The van der Waals surface area contributed by atoms with Gasteiger partial charge in [0, 0.05) is 25.7 Å². The summed E-state index contributed by atoms with van der Waals surface area (Å²) < 4.78 is 0. The number of nitrogens with zero attached hydrogens (tertiary/aromatic N) is 1. The molecule has 3 heteroatoms. The molecule has 0 unspecified atom stereocenters. The van der Waals surface area contributed by atoms with Crippen LogP contribution in [-0.2, 0) is 0 Å². The van der Waals surface area contributed by atoms with Gasteiger partial charge in [-0.25, -0.2) is 0 Å². The van der Waals surface area contributed by atoms with Crippen molar-refractivity contribution in [1.29, 1.82) is 5.41 Å². The minimum Gasteiger partial charge on any atom is -0.388 e. The van der Waals surface area contributed by atoms with Crippen molar-refractivity contribution >= 4 is 11.5 Å².